The van der Waals surface area contributed by atoms with Crippen LogP contribution < -0.4 is 15.2 Å². The third-order valence-electron chi connectivity index (χ3n) is 6.23. The number of nitrogens with zero attached hydrogens (tertiary/aromatic N) is 4. The molecule has 0 radical (unpaired) electrons. The molecule has 0 bridgehead atoms. The van der Waals surface area contributed by atoms with E-state index in [1.807, 2.05) is 44.2 Å². The first-order chi connectivity index (χ1) is 18.9. The molecule has 214 valence electrons. The number of imidazole rings is 1. The summed E-state index contributed by atoms with van der Waals surface area (Å²) in [6.07, 6.45) is -0.416. The van der Waals surface area contributed by atoms with Crippen molar-refractivity contribution in [3.05, 3.63) is 70.4 Å². The Bertz CT molecular complexity index is 1670. The number of aromatic nitrogens is 4. The van der Waals surface area contributed by atoms with E-state index < -0.39 is 40.3 Å². The highest BCUT2D eigenvalue weighted by Crippen LogP contribution is 2.33. The van der Waals surface area contributed by atoms with Gasteiger partial charge in [0.2, 0.25) is 0 Å². The Kier molecular flexibility index (Phi) is 8.57. The molecule has 9 nitrogen and oxygen atoms in total. The second kappa shape index (κ2) is 11.7. The summed E-state index contributed by atoms with van der Waals surface area (Å²) in [7, 11) is -3.69. The molecular formula is C28H32F2N4O5S. The molecule has 0 aliphatic carbocycles. The fraction of sp³-hybridized carbons (Fsp3) is 0.393. The second-order valence-electron chi connectivity index (χ2n) is 9.74. The number of alkyl halides is 2. The van der Waals surface area contributed by atoms with E-state index >= 15 is 0 Å². The van der Waals surface area contributed by atoms with Crippen LogP contribution in [0.3, 0.4) is 0 Å². The number of rotatable bonds is 11. The fourth-order valence-corrected chi connectivity index (χ4v) is 5.58. The predicted molar refractivity (Wildman–Crippen MR) is 149 cm³/mol. The number of ether oxygens (including phenoxy) is 2. The highest BCUT2D eigenvalue weighted by molar-refractivity contribution is 7.90. The van der Waals surface area contributed by atoms with Crippen LogP contribution in [0.15, 0.2) is 53.5 Å². The third kappa shape index (κ3) is 6.16. The highest BCUT2D eigenvalue weighted by atomic mass is 32.2. The summed E-state index contributed by atoms with van der Waals surface area (Å²) < 4.78 is 66.2. The highest BCUT2D eigenvalue weighted by Gasteiger charge is 2.30. The van der Waals surface area contributed by atoms with Gasteiger partial charge in [0.15, 0.2) is 11.4 Å². The lowest BCUT2D eigenvalue weighted by atomic mass is 10.0. The van der Waals surface area contributed by atoms with Gasteiger partial charge in [-0.1, -0.05) is 30.3 Å². The average molecular weight is 575 g/mol. The molecule has 0 spiro atoms. The van der Waals surface area contributed by atoms with Gasteiger partial charge in [-0.15, -0.1) is 0 Å². The first-order valence-electron chi connectivity index (χ1n) is 12.8. The zero-order chi connectivity index (χ0) is 29.2. The van der Waals surface area contributed by atoms with Crippen LogP contribution in [0, 0.1) is 6.92 Å². The van der Waals surface area contributed by atoms with E-state index in [1.165, 1.54) is 0 Å². The lowest BCUT2D eigenvalue weighted by Crippen LogP contribution is -2.33. The summed E-state index contributed by atoms with van der Waals surface area (Å²) in [6, 6.07) is 11.2. The first kappa shape index (κ1) is 29.2. The van der Waals surface area contributed by atoms with Crippen LogP contribution in [0.1, 0.15) is 38.1 Å². The number of aryl methyl sites for hydroxylation is 1. The van der Waals surface area contributed by atoms with Gasteiger partial charge in [0, 0.05) is 18.0 Å². The molecule has 40 heavy (non-hydrogen) atoms. The zero-order valence-corrected chi connectivity index (χ0v) is 23.8. The number of hydrogen-bond donors (Lipinski definition) is 0. The maximum Gasteiger partial charge on any atom is 0.331 e. The lowest BCUT2D eigenvalue weighted by molar-refractivity contribution is 0.126. The second-order valence-corrected chi connectivity index (χ2v) is 11.9. The molecule has 0 unspecified atom stereocenters. The molecule has 4 rings (SSSR count). The van der Waals surface area contributed by atoms with Gasteiger partial charge in [-0.25, -0.2) is 32.0 Å². The number of benzene rings is 1. The maximum atomic E-state index is 13.8. The number of halogens is 2. The van der Waals surface area contributed by atoms with Gasteiger partial charge >= 0.3 is 5.69 Å². The van der Waals surface area contributed by atoms with Crippen molar-refractivity contribution in [3.63, 3.8) is 0 Å². The van der Waals surface area contributed by atoms with Gasteiger partial charge < -0.3 is 9.47 Å². The number of hydrogen-bond acceptors (Lipinski definition) is 7. The van der Waals surface area contributed by atoms with Crippen LogP contribution in [0.2, 0.25) is 0 Å². The first-order valence-corrected chi connectivity index (χ1v) is 14.9. The van der Waals surface area contributed by atoms with Crippen molar-refractivity contribution in [2.45, 2.75) is 52.8 Å². The fourth-order valence-electron chi connectivity index (χ4n) is 4.68. The minimum atomic E-state index is -3.69. The molecule has 0 aliphatic heterocycles. The number of pyridine rings is 2. The molecule has 0 saturated heterocycles. The largest absolute Gasteiger partial charge is 0.485 e. The van der Waals surface area contributed by atoms with Crippen LogP contribution in [-0.4, -0.2) is 58.7 Å². The Balaban J connectivity index is 2.01. The van der Waals surface area contributed by atoms with Crippen molar-refractivity contribution in [1.82, 2.24) is 19.1 Å². The monoisotopic (exact) mass is 574 g/mol. The van der Waals surface area contributed by atoms with E-state index in [0.29, 0.717) is 16.9 Å². The maximum absolute atomic E-state index is 13.8. The molecule has 1 aromatic carbocycles. The summed E-state index contributed by atoms with van der Waals surface area (Å²) in [4.78, 5) is 22.9. The summed E-state index contributed by atoms with van der Waals surface area (Å²) in [5.74, 6) is -0.0371. The average Bonchev–Trinajstić information content (AvgIpc) is 3.15. The van der Waals surface area contributed by atoms with Crippen molar-refractivity contribution in [2.24, 2.45) is 0 Å². The van der Waals surface area contributed by atoms with Gasteiger partial charge in [-0.3, -0.25) is 9.13 Å². The van der Waals surface area contributed by atoms with Crippen LogP contribution >= 0.6 is 0 Å². The van der Waals surface area contributed by atoms with Crippen LogP contribution in [0.5, 0.6) is 11.6 Å². The van der Waals surface area contributed by atoms with Crippen molar-refractivity contribution >= 4 is 21.0 Å². The molecule has 0 aliphatic rings. The van der Waals surface area contributed by atoms with Crippen molar-refractivity contribution in [1.29, 1.82) is 0 Å². The Hall–Kier alpha value is -3.80. The van der Waals surface area contributed by atoms with Crippen LogP contribution in [0.4, 0.5) is 8.78 Å². The molecule has 3 aromatic heterocycles. The van der Waals surface area contributed by atoms with Gasteiger partial charge in [-0.05, 0) is 51.0 Å². The Morgan fingerprint density at radius 2 is 1.77 bits per heavy atom. The van der Waals surface area contributed by atoms with Crippen LogP contribution in [0.25, 0.3) is 22.3 Å². The number of sulfone groups is 1. The Labute approximate surface area is 231 Å². The van der Waals surface area contributed by atoms with Crippen molar-refractivity contribution < 1.29 is 26.7 Å². The Morgan fingerprint density at radius 1 is 1.07 bits per heavy atom. The predicted octanol–water partition coefficient (Wildman–Crippen LogP) is 4.65. The molecule has 4 aromatic rings. The molecule has 0 amide bonds. The van der Waals surface area contributed by atoms with E-state index in [0.717, 1.165) is 21.0 Å². The summed E-state index contributed by atoms with van der Waals surface area (Å²) in [5.41, 5.74) is 1.69. The molecule has 0 N–H and O–H groups in total. The van der Waals surface area contributed by atoms with Gasteiger partial charge in [-0.2, -0.15) is 0 Å². The van der Waals surface area contributed by atoms with E-state index in [4.69, 9.17) is 9.47 Å². The van der Waals surface area contributed by atoms with E-state index in [-0.39, 0.29) is 35.4 Å². The summed E-state index contributed by atoms with van der Waals surface area (Å²) in [6.45, 7) is 6.55. The smallest absolute Gasteiger partial charge is 0.331 e. The molecule has 3 heterocycles. The molecular weight excluding hydrogens is 542 g/mol. The molecule has 0 fully saturated rings. The summed E-state index contributed by atoms with van der Waals surface area (Å²) in [5, 5.41) is 0. The normalized spacial score (nSPS) is 12.8. The number of fused-ring (bicyclic) bond motifs is 1. The molecule has 12 heteroatoms. The van der Waals surface area contributed by atoms with Gasteiger partial charge in [0.25, 0.3) is 12.3 Å². The molecule has 0 saturated carbocycles. The zero-order valence-electron chi connectivity index (χ0n) is 23.0. The minimum absolute atomic E-state index is 0.0822. The summed E-state index contributed by atoms with van der Waals surface area (Å²) >= 11 is 0. The van der Waals surface area contributed by atoms with E-state index in [9.17, 15) is 22.0 Å². The topological polar surface area (TPSA) is 105 Å². The lowest BCUT2D eigenvalue weighted by Gasteiger charge is -2.20. The third-order valence-corrected chi connectivity index (χ3v) is 7.15. The van der Waals surface area contributed by atoms with Crippen molar-refractivity contribution in [3.8, 4) is 22.8 Å². The minimum Gasteiger partial charge on any atom is -0.485 e. The van der Waals surface area contributed by atoms with Crippen molar-refractivity contribution in [2.75, 3.05) is 18.6 Å². The van der Waals surface area contributed by atoms with Crippen LogP contribution in [-0.2, 0) is 16.4 Å². The molecule has 1 atom stereocenters. The van der Waals surface area contributed by atoms with Gasteiger partial charge in [0.1, 0.15) is 9.84 Å². The standard InChI is InChI=1S/C28H32F2N4O5S/c1-6-38-27-23(39-17(2)3)13-12-21(32-27)22(16-40(5,36)37)34-26-25(33(28(34)35)15-24(29)30)18(4)20(14-31-26)19-10-8-7-9-11-19/h7-14,17,22,24H,6,15-16H2,1-5H3/t22-/m1/s1. The van der Waals surface area contributed by atoms with Gasteiger partial charge in [0.05, 0.1) is 42.3 Å². The van der Waals surface area contributed by atoms with E-state index in [2.05, 4.69) is 9.97 Å². The SMILES string of the molecule is CCOc1nc([C@@H](CS(C)(=O)=O)n2c(=O)n(CC(F)F)c3c(C)c(-c4ccccc4)cnc32)ccc1OC(C)C. The quantitative estimate of drug-likeness (QED) is 0.257. The van der Waals surface area contributed by atoms with E-state index in [1.54, 1.807) is 32.2 Å². The Morgan fingerprint density at radius 3 is 2.38 bits per heavy atom.